The first kappa shape index (κ1) is 15.7. The number of hydrogen-bond donors (Lipinski definition) is 2. The van der Waals surface area contributed by atoms with E-state index in [9.17, 15) is 13.6 Å². The Hall–Kier alpha value is -1.40. The summed E-state index contributed by atoms with van der Waals surface area (Å²) in [5, 5.41) is 11.3. The molecule has 0 radical (unpaired) electrons. The third-order valence-corrected chi connectivity index (χ3v) is 3.53. The van der Waals surface area contributed by atoms with Crippen molar-refractivity contribution in [1.29, 1.82) is 0 Å². The lowest BCUT2D eigenvalue weighted by Crippen LogP contribution is -2.40. The van der Waals surface area contributed by atoms with Crippen molar-refractivity contribution in [2.45, 2.75) is 45.0 Å². The Labute approximate surface area is 111 Å². The van der Waals surface area contributed by atoms with Crippen LogP contribution >= 0.6 is 0 Å². The van der Waals surface area contributed by atoms with E-state index in [2.05, 4.69) is 5.16 Å². The molecule has 0 aromatic carbocycles. The van der Waals surface area contributed by atoms with Gasteiger partial charge in [-0.1, -0.05) is 5.16 Å². The molecule has 5 nitrogen and oxygen atoms in total. The second kappa shape index (κ2) is 6.68. The molecule has 1 amide bonds. The number of rotatable bonds is 5. The predicted octanol–water partition coefficient (Wildman–Crippen LogP) is 1.80. The first-order valence-corrected chi connectivity index (χ1v) is 6.52. The Morgan fingerprint density at radius 2 is 2.05 bits per heavy atom. The summed E-state index contributed by atoms with van der Waals surface area (Å²) >= 11 is 0. The minimum Gasteiger partial charge on any atom is -0.409 e. The highest BCUT2D eigenvalue weighted by Gasteiger charge is 2.38. The maximum Gasteiger partial charge on any atom is 0.248 e. The van der Waals surface area contributed by atoms with E-state index in [1.807, 2.05) is 6.92 Å². The SMILES string of the molecule is CCN(CCC(N)=NO)C(=O)C1CCC(F)(F)CC1. The van der Waals surface area contributed by atoms with Crippen LogP contribution in [0.2, 0.25) is 0 Å². The Bertz CT molecular complexity index is 338. The molecule has 0 atom stereocenters. The number of carbonyl (C=O) groups is 1. The first-order valence-electron chi connectivity index (χ1n) is 6.52. The summed E-state index contributed by atoms with van der Waals surface area (Å²) in [4.78, 5) is 13.8. The fourth-order valence-electron chi connectivity index (χ4n) is 2.27. The van der Waals surface area contributed by atoms with E-state index in [-0.39, 0.29) is 49.8 Å². The molecule has 0 spiro atoms. The van der Waals surface area contributed by atoms with Gasteiger partial charge in [0.2, 0.25) is 11.8 Å². The Kier molecular flexibility index (Phi) is 5.50. The van der Waals surface area contributed by atoms with E-state index in [0.29, 0.717) is 13.1 Å². The molecule has 1 fully saturated rings. The number of nitrogens with two attached hydrogens (primary N) is 1. The monoisotopic (exact) mass is 277 g/mol. The van der Waals surface area contributed by atoms with Gasteiger partial charge in [0, 0.05) is 38.3 Å². The van der Waals surface area contributed by atoms with E-state index in [4.69, 9.17) is 10.9 Å². The van der Waals surface area contributed by atoms with E-state index in [1.54, 1.807) is 4.90 Å². The highest BCUT2D eigenvalue weighted by atomic mass is 19.3. The number of nitrogens with zero attached hydrogens (tertiary/aromatic N) is 2. The average Bonchev–Trinajstić information content (AvgIpc) is 2.38. The average molecular weight is 277 g/mol. The summed E-state index contributed by atoms with van der Waals surface area (Å²) in [5.41, 5.74) is 5.35. The van der Waals surface area contributed by atoms with Crippen LogP contribution in [0.4, 0.5) is 8.78 Å². The lowest BCUT2D eigenvalue weighted by Gasteiger charge is -2.31. The van der Waals surface area contributed by atoms with Crippen molar-refractivity contribution >= 4 is 11.7 Å². The zero-order chi connectivity index (χ0) is 14.5. The maximum absolute atomic E-state index is 13.0. The molecule has 3 N–H and O–H groups in total. The van der Waals surface area contributed by atoms with Crippen LogP contribution in [0.5, 0.6) is 0 Å². The topological polar surface area (TPSA) is 78.9 Å². The minimum atomic E-state index is -2.62. The summed E-state index contributed by atoms with van der Waals surface area (Å²) in [6.07, 6.45) is 0.291. The molecule has 19 heavy (non-hydrogen) atoms. The molecule has 1 aliphatic rings. The van der Waals surface area contributed by atoms with Crippen LogP contribution < -0.4 is 5.73 Å². The van der Waals surface area contributed by atoms with Gasteiger partial charge in [0.05, 0.1) is 0 Å². The number of amidine groups is 1. The minimum absolute atomic E-state index is 0.0569. The van der Waals surface area contributed by atoms with E-state index in [0.717, 1.165) is 0 Å². The smallest absolute Gasteiger partial charge is 0.248 e. The van der Waals surface area contributed by atoms with Gasteiger partial charge in [-0.25, -0.2) is 8.78 Å². The quantitative estimate of drug-likeness (QED) is 0.348. The Morgan fingerprint density at radius 1 is 1.47 bits per heavy atom. The van der Waals surface area contributed by atoms with Gasteiger partial charge < -0.3 is 15.8 Å². The van der Waals surface area contributed by atoms with Gasteiger partial charge in [-0.3, -0.25) is 4.79 Å². The predicted molar refractivity (Wildman–Crippen MR) is 67.2 cm³/mol. The normalized spacial score (nSPS) is 20.3. The molecule has 7 heteroatoms. The molecule has 0 aliphatic heterocycles. The van der Waals surface area contributed by atoms with Crippen LogP contribution in [0, 0.1) is 5.92 Å². The lowest BCUT2D eigenvalue weighted by atomic mass is 9.86. The highest BCUT2D eigenvalue weighted by molar-refractivity contribution is 5.82. The van der Waals surface area contributed by atoms with Crippen molar-refractivity contribution in [2.24, 2.45) is 16.8 Å². The first-order chi connectivity index (χ1) is 8.89. The fourth-order valence-corrected chi connectivity index (χ4v) is 2.27. The molecule has 1 saturated carbocycles. The molecule has 0 aromatic heterocycles. The molecule has 0 aromatic rings. The van der Waals surface area contributed by atoms with Crippen molar-refractivity contribution in [3.63, 3.8) is 0 Å². The summed E-state index contributed by atoms with van der Waals surface area (Å²) in [5.74, 6) is -3.00. The Morgan fingerprint density at radius 3 is 2.53 bits per heavy atom. The maximum atomic E-state index is 13.0. The Balaban J connectivity index is 2.50. The molecule has 1 rings (SSSR count). The van der Waals surface area contributed by atoms with Crippen molar-refractivity contribution in [2.75, 3.05) is 13.1 Å². The van der Waals surface area contributed by atoms with Crippen LogP contribution in [0.25, 0.3) is 0 Å². The van der Waals surface area contributed by atoms with Gasteiger partial charge >= 0.3 is 0 Å². The molecule has 0 bridgehead atoms. The second-order valence-corrected chi connectivity index (χ2v) is 4.89. The standard InChI is InChI=1S/C12H21F2N3O2/c1-2-17(8-5-10(15)16-19)11(18)9-3-6-12(13,14)7-4-9/h9,19H,2-8H2,1H3,(H2,15,16). The number of alkyl halides is 2. The molecular weight excluding hydrogens is 256 g/mol. The lowest BCUT2D eigenvalue weighted by molar-refractivity contribution is -0.139. The van der Waals surface area contributed by atoms with Gasteiger partial charge in [-0.15, -0.1) is 0 Å². The fraction of sp³-hybridized carbons (Fsp3) is 0.833. The largest absolute Gasteiger partial charge is 0.409 e. The zero-order valence-corrected chi connectivity index (χ0v) is 11.1. The number of hydrogen-bond acceptors (Lipinski definition) is 3. The van der Waals surface area contributed by atoms with Gasteiger partial charge in [0.25, 0.3) is 0 Å². The van der Waals surface area contributed by atoms with Gasteiger partial charge in [0.1, 0.15) is 5.84 Å². The van der Waals surface area contributed by atoms with Gasteiger partial charge in [0.15, 0.2) is 0 Å². The van der Waals surface area contributed by atoms with Crippen LogP contribution in [0.15, 0.2) is 5.16 Å². The summed E-state index contributed by atoms with van der Waals surface area (Å²) in [7, 11) is 0. The van der Waals surface area contributed by atoms with Crippen molar-refractivity contribution in [1.82, 2.24) is 4.90 Å². The summed E-state index contributed by atoms with van der Waals surface area (Å²) in [6.45, 7) is 2.66. The van der Waals surface area contributed by atoms with Crippen LogP contribution in [-0.2, 0) is 4.79 Å². The van der Waals surface area contributed by atoms with Crippen LogP contribution in [-0.4, -0.2) is 40.9 Å². The number of oxime groups is 1. The van der Waals surface area contributed by atoms with Gasteiger partial charge in [-0.05, 0) is 19.8 Å². The van der Waals surface area contributed by atoms with Crippen molar-refractivity contribution in [3.05, 3.63) is 0 Å². The number of amides is 1. The van der Waals surface area contributed by atoms with E-state index >= 15 is 0 Å². The van der Waals surface area contributed by atoms with Gasteiger partial charge in [-0.2, -0.15) is 0 Å². The van der Waals surface area contributed by atoms with E-state index < -0.39 is 5.92 Å². The summed E-state index contributed by atoms with van der Waals surface area (Å²) < 4.78 is 26.1. The molecular formula is C12H21F2N3O2. The molecule has 110 valence electrons. The molecule has 1 aliphatic carbocycles. The summed E-state index contributed by atoms with van der Waals surface area (Å²) in [6, 6.07) is 0. The molecule has 0 saturated heterocycles. The number of halogens is 2. The van der Waals surface area contributed by atoms with Crippen molar-refractivity contribution in [3.8, 4) is 0 Å². The van der Waals surface area contributed by atoms with Crippen LogP contribution in [0.3, 0.4) is 0 Å². The highest BCUT2D eigenvalue weighted by Crippen LogP contribution is 2.36. The molecule has 0 heterocycles. The second-order valence-electron chi connectivity index (χ2n) is 4.89. The third kappa shape index (κ3) is 4.65. The van der Waals surface area contributed by atoms with Crippen LogP contribution in [0.1, 0.15) is 39.0 Å². The van der Waals surface area contributed by atoms with E-state index in [1.165, 1.54) is 0 Å². The number of carbonyl (C=O) groups excluding carboxylic acids is 1. The molecule has 0 unspecified atom stereocenters. The van der Waals surface area contributed by atoms with Crippen molar-refractivity contribution < 1.29 is 18.8 Å². The zero-order valence-electron chi connectivity index (χ0n) is 11.1. The third-order valence-electron chi connectivity index (χ3n) is 3.53.